The molecule has 12 heavy (non-hydrogen) atoms. The maximum absolute atomic E-state index is 11.1. The molecule has 0 rings (SSSR count). The molecule has 0 aromatic rings. The van der Waals surface area contributed by atoms with Crippen molar-refractivity contribution >= 4 is 9.84 Å². The smallest absolute Gasteiger partial charge is 0.151 e. The van der Waals surface area contributed by atoms with Gasteiger partial charge in [-0.15, -0.1) is 0 Å². The van der Waals surface area contributed by atoms with Crippen LogP contribution in [0.4, 0.5) is 0 Å². The standard InChI is InChI=1S/C8H19NO2S/c1-5-12(10,11)7-6-9(4)8(2)3/h8H,5-7H2,1-4H3. The van der Waals surface area contributed by atoms with Crippen LogP contribution in [0.5, 0.6) is 0 Å². The summed E-state index contributed by atoms with van der Waals surface area (Å²) in [6.45, 7) is 6.43. The Morgan fingerprint density at radius 2 is 1.83 bits per heavy atom. The molecule has 0 aromatic carbocycles. The zero-order valence-electron chi connectivity index (χ0n) is 8.37. The van der Waals surface area contributed by atoms with Crippen LogP contribution in [0.2, 0.25) is 0 Å². The minimum Gasteiger partial charge on any atom is -0.303 e. The quantitative estimate of drug-likeness (QED) is 0.647. The zero-order valence-corrected chi connectivity index (χ0v) is 9.19. The Balaban J connectivity index is 3.84. The lowest BCUT2D eigenvalue weighted by atomic mass is 10.3. The first-order valence-corrected chi connectivity index (χ1v) is 6.12. The molecular weight excluding hydrogens is 174 g/mol. The molecule has 0 saturated heterocycles. The molecule has 0 unspecified atom stereocenters. The predicted molar refractivity (Wildman–Crippen MR) is 52.1 cm³/mol. The van der Waals surface area contributed by atoms with Crippen LogP contribution in [0.3, 0.4) is 0 Å². The number of hydrogen-bond donors (Lipinski definition) is 0. The first kappa shape index (κ1) is 11.9. The molecule has 0 spiro atoms. The van der Waals surface area contributed by atoms with Crippen LogP contribution in [-0.2, 0) is 9.84 Å². The van der Waals surface area contributed by atoms with Crippen LogP contribution >= 0.6 is 0 Å². The van der Waals surface area contributed by atoms with Gasteiger partial charge in [0.1, 0.15) is 0 Å². The Labute approximate surface area is 75.7 Å². The highest BCUT2D eigenvalue weighted by atomic mass is 32.2. The second-order valence-electron chi connectivity index (χ2n) is 3.31. The first-order valence-electron chi connectivity index (χ1n) is 4.29. The first-order chi connectivity index (χ1) is 5.39. The van der Waals surface area contributed by atoms with E-state index in [0.29, 0.717) is 12.6 Å². The van der Waals surface area contributed by atoms with Gasteiger partial charge in [-0.05, 0) is 20.9 Å². The lowest BCUT2D eigenvalue weighted by Gasteiger charge is -2.20. The highest BCUT2D eigenvalue weighted by Gasteiger charge is 2.10. The molecule has 0 aromatic heterocycles. The van der Waals surface area contributed by atoms with Crippen molar-refractivity contribution in [2.24, 2.45) is 0 Å². The minimum atomic E-state index is -2.79. The molecule has 0 fully saturated rings. The van der Waals surface area contributed by atoms with Crippen molar-refractivity contribution in [2.75, 3.05) is 25.1 Å². The van der Waals surface area contributed by atoms with Gasteiger partial charge < -0.3 is 4.90 Å². The van der Waals surface area contributed by atoms with Gasteiger partial charge in [-0.3, -0.25) is 0 Å². The van der Waals surface area contributed by atoms with E-state index in [4.69, 9.17) is 0 Å². The molecule has 0 N–H and O–H groups in total. The van der Waals surface area contributed by atoms with E-state index in [9.17, 15) is 8.42 Å². The van der Waals surface area contributed by atoms with Gasteiger partial charge >= 0.3 is 0 Å². The summed E-state index contributed by atoms with van der Waals surface area (Å²) in [5.74, 6) is 0.525. The topological polar surface area (TPSA) is 37.4 Å². The van der Waals surface area contributed by atoms with Gasteiger partial charge in [0.2, 0.25) is 0 Å². The van der Waals surface area contributed by atoms with E-state index in [2.05, 4.69) is 13.8 Å². The van der Waals surface area contributed by atoms with Crippen LogP contribution < -0.4 is 0 Å². The van der Waals surface area contributed by atoms with Gasteiger partial charge in [0.25, 0.3) is 0 Å². The summed E-state index contributed by atoms with van der Waals surface area (Å²) >= 11 is 0. The van der Waals surface area contributed by atoms with E-state index < -0.39 is 9.84 Å². The number of hydrogen-bond acceptors (Lipinski definition) is 3. The third-order valence-corrected chi connectivity index (χ3v) is 3.76. The third-order valence-electron chi connectivity index (χ3n) is 2.08. The average molecular weight is 193 g/mol. The predicted octanol–water partition coefficient (Wildman–Crippen LogP) is 0.761. The Morgan fingerprint density at radius 3 is 2.17 bits per heavy atom. The molecule has 0 bridgehead atoms. The number of sulfone groups is 1. The van der Waals surface area contributed by atoms with Gasteiger partial charge in [-0.25, -0.2) is 8.42 Å². The summed E-state index contributed by atoms with van der Waals surface area (Å²) in [4.78, 5) is 2.03. The molecule has 0 radical (unpaired) electrons. The van der Waals surface area contributed by atoms with E-state index >= 15 is 0 Å². The van der Waals surface area contributed by atoms with Crippen molar-refractivity contribution < 1.29 is 8.42 Å². The van der Waals surface area contributed by atoms with Crippen molar-refractivity contribution in [1.29, 1.82) is 0 Å². The molecule has 4 heteroatoms. The van der Waals surface area contributed by atoms with Crippen molar-refractivity contribution in [3.05, 3.63) is 0 Å². The van der Waals surface area contributed by atoms with Gasteiger partial charge in [0.15, 0.2) is 9.84 Å². The van der Waals surface area contributed by atoms with Gasteiger partial charge in [-0.1, -0.05) is 6.92 Å². The number of rotatable bonds is 5. The Morgan fingerprint density at radius 1 is 1.33 bits per heavy atom. The van der Waals surface area contributed by atoms with Crippen LogP contribution in [0.1, 0.15) is 20.8 Å². The lowest BCUT2D eigenvalue weighted by molar-refractivity contribution is 0.289. The Kier molecular flexibility index (Phi) is 4.78. The Hall–Kier alpha value is -0.0900. The highest BCUT2D eigenvalue weighted by Crippen LogP contribution is 1.96. The number of nitrogens with zero attached hydrogens (tertiary/aromatic N) is 1. The van der Waals surface area contributed by atoms with Crippen molar-refractivity contribution in [2.45, 2.75) is 26.8 Å². The third kappa shape index (κ3) is 4.72. The molecule has 3 nitrogen and oxygen atoms in total. The molecule has 0 aliphatic carbocycles. The molecule has 0 saturated carbocycles. The van der Waals surface area contributed by atoms with Gasteiger partial charge in [0, 0.05) is 18.3 Å². The molecule has 0 amide bonds. The largest absolute Gasteiger partial charge is 0.303 e. The molecule has 0 aliphatic heterocycles. The molecule has 0 atom stereocenters. The van der Waals surface area contributed by atoms with Crippen molar-refractivity contribution in [3.8, 4) is 0 Å². The van der Waals surface area contributed by atoms with E-state index in [1.54, 1.807) is 6.92 Å². The average Bonchev–Trinajstić information content (AvgIpc) is 2.00. The van der Waals surface area contributed by atoms with Crippen LogP contribution in [0.15, 0.2) is 0 Å². The summed E-state index contributed by atoms with van der Waals surface area (Å²) in [6, 6.07) is 0.414. The monoisotopic (exact) mass is 193 g/mol. The van der Waals surface area contributed by atoms with E-state index in [1.807, 2.05) is 11.9 Å². The SMILES string of the molecule is CCS(=O)(=O)CCN(C)C(C)C. The van der Waals surface area contributed by atoms with Crippen molar-refractivity contribution in [1.82, 2.24) is 4.90 Å². The summed E-state index contributed by atoms with van der Waals surface area (Å²) < 4.78 is 22.2. The van der Waals surface area contributed by atoms with Gasteiger partial charge in [0.05, 0.1) is 5.75 Å². The molecule has 0 heterocycles. The molecule has 0 aliphatic rings. The fourth-order valence-electron chi connectivity index (χ4n) is 0.686. The zero-order chi connectivity index (χ0) is 9.78. The van der Waals surface area contributed by atoms with Crippen LogP contribution in [0.25, 0.3) is 0 Å². The fraction of sp³-hybridized carbons (Fsp3) is 1.00. The lowest BCUT2D eigenvalue weighted by Crippen LogP contribution is -2.31. The van der Waals surface area contributed by atoms with Gasteiger partial charge in [-0.2, -0.15) is 0 Å². The second kappa shape index (κ2) is 4.82. The highest BCUT2D eigenvalue weighted by molar-refractivity contribution is 7.91. The normalized spacial score (nSPS) is 12.8. The van der Waals surface area contributed by atoms with E-state index in [0.717, 1.165) is 0 Å². The maximum Gasteiger partial charge on any atom is 0.151 e. The van der Waals surface area contributed by atoms with E-state index in [1.165, 1.54) is 0 Å². The summed E-state index contributed by atoms with van der Waals surface area (Å²) in [5.41, 5.74) is 0. The summed E-state index contributed by atoms with van der Waals surface area (Å²) in [5, 5.41) is 0. The Bertz CT molecular complexity index is 209. The van der Waals surface area contributed by atoms with Crippen LogP contribution in [-0.4, -0.2) is 44.5 Å². The summed E-state index contributed by atoms with van der Waals surface area (Å²) in [7, 11) is -0.849. The summed E-state index contributed by atoms with van der Waals surface area (Å²) in [6.07, 6.45) is 0. The fourth-order valence-corrected chi connectivity index (χ4v) is 1.54. The second-order valence-corrected chi connectivity index (χ2v) is 5.78. The van der Waals surface area contributed by atoms with E-state index in [-0.39, 0.29) is 11.5 Å². The molecular formula is C8H19NO2S. The maximum atomic E-state index is 11.1. The minimum absolute atomic E-state index is 0.249. The molecule has 74 valence electrons. The van der Waals surface area contributed by atoms with Crippen molar-refractivity contribution in [3.63, 3.8) is 0 Å². The van der Waals surface area contributed by atoms with Crippen LogP contribution in [0, 0.1) is 0 Å².